The molecule has 2 rings (SSSR count). The van der Waals surface area contributed by atoms with Crippen LogP contribution in [0.4, 0.5) is 0 Å². The number of ether oxygens (including phenoxy) is 1. The summed E-state index contributed by atoms with van der Waals surface area (Å²) in [6, 6.07) is 10.4. The zero-order valence-corrected chi connectivity index (χ0v) is 15.8. The van der Waals surface area contributed by atoms with E-state index in [1.807, 2.05) is 13.0 Å². The molecule has 1 saturated carbocycles. The number of hydrogen-bond acceptors (Lipinski definition) is 3. The van der Waals surface area contributed by atoms with Crippen LogP contribution in [0.15, 0.2) is 35.3 Å². The van der Waals surface area contributed by atoms with Gasteiger partial charge in [-0.25, -0.2) is 0 Å². The Kier molecular flexibility index (Phi) is 7.72. The molecule has 25 heavy (non-hydrogen) atoms. The van der Waals surface area contributed by atoms with Crippen molar-refractivity contribution in [2.75, 3.05) is 32.8 Å². The Morgan fingerprint density at radius 2 is 2.00 bits per heavy atom. The lowest BCUT2D eigenvalue weighted by Gasteiger charge is -2.24. The minimum absolute atomic E-state index is 0.0460. The van der Waals surface area contributed by atoms with E-state index in [1.54, 1.807) is 0 Å². The van der Waals surface area contributed by atoms with E-state index in [-0.39, 0.29) is 5.41 Å². The maximum absolute atomic E-state index is 10.0. The molecule has 1 fully saturated rings. The molecule has 140 valence electrons. The van der Waals surface area contributed by atoms with E-state index >= 15 is 0 Å². The van der Waals surface area contributed by atoms with Crippen molar-refractivity contribution in [1.29, 1.82) is 0 Å². The normalized spacial score (nSPS) is 16.6. The first-order chi connectivity index (χ1) is 12.0. The molecule has 3 N–H and O–H groups in total. The van der Waals surface area contributed by atoms with Gasteiger partial charge in [0.2, 0.25) is 0 Å². The fourth-order valence-electron chi connectivity index (χ4n) is 2.53. The van der Waals surface area contributed by atoms with Gasteiger partial charge in [0.15, 0.2) is 5.96 Å². The summed E-state index contributed by atoms with van der Waals surface area (Å²) in [6.07, 6.45) is 2.01. The van der Waals surface area contributed by atoms with Crippen LogP contribution in [0.2, 0.25) is 0 Å². The average molecular weight is 348 g/mol. The van der Waals surface area contributed by atoms with Gasteiger partial charge in [-0.2, -0.15) is 0 Å². The SMILES string of the molecule is CCNC(=NCC(C)(C)c1ccccc1)NCC(O)COCC1CC1. The second-order valence-electron chi connectivity index (χ2n) is 7.46. The van der Waals surface area contributed by atoms with Gasteiger partial charge in [-0.3, -0.25) is 4.99 Å². The second-order valence-corrected chi connectivity index (χ2v) is 7.46. The topological polar surface area (TPSA) is 65.9 Å². The maximum atomic E-state index is 10.0. The molecule has 1 unspecified atom stereocenters. The number of nitrogens with zero attached hydrogens (tertiary/aromatic N) is 1. The molecule has 0 amide bonds. The van der Waals surface area contributed by atoms with E-state index in [0.717, 1.165) is 25.0 Å². The summed E-state index contributed by atoms with van der Waals surface area (Å²) in [7, 11) is 0. The number of guanidine groups is 1. The number of rotatable bonds is 10. The summed E-state index contributed by atoms with van der Waals surface area (Å²) >= 11 is 0. The van der Waals surface area contributed by atoms with Gasteiger partial charge in [0, 0.05) is 25.1 Å². The Balaban J connectivity index is 1.80. The van der Waals surface area contributed by atoms with Gasteiger partial charge >= 0.3 is 0 Å². The molecule has 0 spiro atoms. The van der Waals surface area contributed by atoms with Crippen molar-refractivity contribution in [3.63, 3.8) is 0 Å². The molecule has 0 saturated heterocycles. The van der Waals surface area contributed by atoms with Gasteiger partial charge in [-0.15, -0.1) is 0 Å². The molecule has 0 radical (unpaired) electrons. The summed E-state index contributed by atoms with van der Waals surface area (Å²) in [5, 5.41) is 16.5. The van der Waals surface area contributed by atoms with E-state index in [1.165, 1.54) is 18.4 Å². The van der Waals surface area contributed by atoms with Crippen LogP contribution in [0.25, 0.3) is 0 Å². The minimum atomic E-state index is -0.523. The second kappa shape index (κ2) is 9.78. The summed E-state index contributed by atoms with van der Waals surface area (Å²) in [4.78, 5) is 4.69. The van der Waals surface area contributed by atoms with E-state index in [9.17, 15) is 5.11 Å². The molecule has 1 aliphatic carbocycles. The van der Waals surface area contributed by atoms with Crippen LogP contribution in [-0.2, 0) is 10.2 Å². The Morgan fingerprint density at radius 1 is 1.28 bits per heavy atom. The van der Waals surface area contributed by atoms with E-state index in [0.29, 0.717) is 19.7 Å². The smallest absolute Gasteiger partial charge is 0.191 e. The van der Waals surface area contributed by atoms with Crippen LogP contribution in [0.1, 0.15) is 39.2 Å². The van der Waals surface area contributed by atoms with Crippen molar-refractivity contribution in [2.24, 2.45) is 10.9 Å². The van der Waals surface area contributed by atoms with Crippen LogP contribution >= 0.6 is 0 Å². The summed E-state index contributed by atoms with van der Waals surface area (Å²) in [5.41, 5.74) is 1.22. The third-order valence-corrected chi connectivity index (χ3v) is 4.40. The minimum Gasteiger partial charge on any atom is -0.389 e. The summed E-state index contributed by atoms with van der Waals surface area (Å²) < 4.78 is 5.53. The van der Waals surface area contributed by atoms with Crippen LogP contribution < -0.4 is 10.6 Å². The molecule has 0 bridgehead atoms. The lowest BCUT2D eigenvalue weighted by Crippen LogP contribution is -2.43. The molecule has 5 heteroatoms. The highest BCUT2D eigenvalue weighted by Gasteiger charge is 2.22. The lowest BCUT2D eigenvalue weighted by molar-refractivity contribution is 0.0345. The van der Waals surface area contributed by atoms with E-state index in [2.05, 4.69) is 48.7 Å². The van der Waals surface area contributed by atoms with Crippen molar-refractivity contribution in [3.8, 4) is 0 Å². The number of aliphatic hydroxyl groups excluding tert-OH is 1. The third-order valence-electron chi connectivity index (χ3n) is 4.40. The van der Waals surface area contributed by atoms with Crippen molar-refractivity contribution in [2.45, 2.75) is 45.1 Å². The number of hydrogen-bond donors (Lipinski definition) is 3. The molecular formula is C20H33N3O2. The molecule has 1 aromatic rings. The first-order valence-electron chi connectivity index (χ1n) is 9.35. The monoisotopic (exact) mass is 347 g/mol. The highest BCUT2D eigenvalue weighted by molar-refractivity contribution is 5.79. The number of nitrogens with one attached hydrogen (secondary N) is 2. The zero-order chi connectivity index (χ0) is 18.1. The first-order valence-corrected chi connectivity index (χ1v) is 9.35. The molecular weight excluding hydrogens is 314 g/mol. The molecule has 5 nitrogen and oxygen atoms in total. The van der Waals surface area contributed by atoms with Gasteiger partial charge in [-0.1, -0.05) is 44.2 Å². The van der Waals surface area contributed by atoms with Crippen molar-refractivity contribution in [3.05, 3.63) is 35.9 Å². The highest BCUT2D eigenvalue weighted by Crippen LogP contribution is 2.28. The molecule has 1 aliphatic rings. The van der Waals surface area contributed by atoms with E-state index < -0.39 is 6.10 Å². The molecule has 1 atom stereocenters. The Morgan fingerprint density at radius 3 is 2.64 bits per heavy atom. The third kappa shape index (κ3) is 7.45. The van der Waals surface area contributed by atoms with Gasteiger partial charge in [0.1, 0.15) is 0 Å². The Hall–Kier alpha value is -1.59. The van der Waals surface area contributed by atoms with Gasteiger partial charge in [-0.05, 0) is 31.2 Å². The summed E-state index contributed by atoms with van der Waals surface area (Å²) in [6.45, 7) is 9.45. The largest absolute Gasteiger partial charge is 0.389 e. The number of aliphatic imine (C=N–C) groups is 1. The predicted octanol–water partition coefficient (Wildman–Crippen LogP) is 2.31. The Bertz CT molecular complexity index is 527. The Labute approximate surface area is 151 Å². The molecule has 1 aromatic carbocycles. The summed E-state index contributed by atoms with van der Waals surface area (Å²) in [5.74, 6) is 1.45. The van der Waals surface area contributed by atoms with Crippen LogP contribution in [0.5, 0.6) is 0 Å². The van der Waals surface area contributed by atoms with Crippen LogP contribution in [0, 0.1) is 5.92 Å². The first kappa shape index (κ1) is 19.7. The molecule has 0 aliphatic heterocycles. The van der Waals surface area contributed by atoms with Gasteiger partial charge in [0.05, 0.1) is 19.3 Å². The van der Waals surface area contributed by atoms with Crippen molar-refractivity contribution < 1.29 is 9.84 Å². The number of aliphatic hydroxyl groups is 1. The quantitative estimate of drug-likeness (QED) is 0.449. The zero-order valence-electron chi connectivity index (χ0n) is 15.8. The van der Waals surface area contributed by atoms with Gasteiger partial charge < -0.3 is 20.5 Å². The fourth-order valence-corrected chi connectivity index (χ4v) is 2.53. The predicted molar refractivity (Wildman–Crippen MR) is 103 cm³/mol. The lowest BCUT2D eigenvalue weighted by atomic mass is 9.85. The van der Waals surface area contributed by atoms with Gasteiger partial charge in [0.25, 0.3) is 0 Å². The van der Waals surface area contributed by atoms with Crippen molar-refractivity contribution in [1.82, 2.24) is 10.6 Å². The van der Waals surface area contributed by atoms with E-state index in [4.69, 9.17) is 9.73 Å². The number of benzene rings is 1. The van der Waals surface area contributed by atoms with Crippen LogP contribution in [-0.4, -0.2) is 50.0 Å². The molecule has 0 aromatic heterocycles. The average Bonchev–Trinajstić information content (AvgIpc) is 3.42. The fraction of sp³-hybridized carbons (Fsp3) is 0.650. The highest BCUT2D eigenvalue weighted by atomic mass is 16.5. The standard InChI is InChI=1S/C20H33N3O2/c1-4-21-19(22-12-18(24)14-25-13-16-10-11-16)23-15-20(2,3)17-8-6-5-7-9-17/h5-9,16,18,24H,4,10-15H2,1-3H3,(H2,21,22,23). The van der Waals surface area contributed by atoms with Crippen molar-refractivity contribution >= 4 is 5.96 Å². The molecule has 0 heterocycles. The van der Waals surface area contributed by atoms with Crippen LogP contribution in [0.3, 0.4) is 0 Å². The maximum Gasteiger partial charge on any atom is 0.191 e.